The lowest BCUT2D eigenvalue weighted by molar-refractivity contribution is 0.249. The Morgan fingerprint density at radius 3 is 2.80 bits per heavy atom. The molecule has 0 amide bonds. The zero-order valence-electron chi connectivity index (χ0n) is 9.27. The van der Waals surface area contributed by atoms with Gasteiger partial charge in [0.2, 0.25) is 0 Å². The second-order valence-corrected chi connectivity index (χ2v) is 3.89. The average Bonchev–Trinajstić information content (AvgIpc) is 2.25. The molecule has 4 nitrogen and oxygen atoms in total. The molecular weight excluding hydrogens is 190 g/mol. The fraction of sp³-hybridized carbons (Fsp3) is 0.545. The van der Waals surface area contributed by atoms with Gasteiger partial charge < -0.3 is 16.2 Å². The predicted molar refractivity (Wildman–Crippen MR) is 61.5 cm³/mol. The summed E-state index contributed by atoms with van der Waals surface area (Å²) in [6.07, 6.45) is 1.72. The van der Waals surface area contributed by atoms with Gasteiger partial charge in [0.15, 0.2) is 0 Å². The maximum Gasteiger partial charge on any atom is 0.130 e. The molecule has 0 aliphatic carbocycles. The van der Waals surface area contributed by atoms with Gasteiger partial charge in [0, 0.05) is 18.3 Å². The lowest BCUT2D eigenvalue weighted by Crippen LogP contribution is -2.30. The maximum absolute atomic E-state index is 9.20. The second kappa shape index (κ2) is 5.68. The Bertz CT molecular complexity index is 302. The molecule has 0 radical (unpaired) electrons. The summed E-state index contributed by atoms with van der Waals surface area (Å²) in [4.78, 5) is 4.22. The van der Waals surface area contributed by atoms with Gasteiger partial charge in [-0.15, -0.1) is 0 Å². The van der Waals surface area contributed by atoms with Crippen LogP contribution >= 0.6 is 0 Å². The zero-order chi connectivity index (χ0) is 11.3. The van der Waals surface area contributed by atoms with Crippen molar-refractivity contribution >= 4 is 5.82 Å². The van der Waals surface area contributed by atoms with Gasteiger partial charge in [0.25, 0.3) is 0 Å². The zero-order valence-corrected chi connectivity index (χ0v) is 9.27. The van der Waals surface area contributed by atoms with Crippen molar-refractivity contribution in [3.63, 3.8) is 0 Å². The molecule has 1 atom stereocenters. The summed E-state index contributed by atoms with van der Waals surface area (Å²) in [5.41, 5.74) is 6.57. The Balaban J connectivity index is 2.78. The number of aliphatic hydroxyl groups is 1. The molecule has 0 saturated heterocycles. The Morgan fingerprint density at radius 2 is 2.27 bits per heavy atom. The Hall–Kier alpha value is -1.13. The predicted octanol–water partition coefficient (Wildman–Crippen LogP) is 0.969. The Kier molecular flexibility index (Phi) is 4.52. The van der Waals surface area contributed by atoms with Crippen LogP contribution in [0.15, 0.2) is 18.3 Å². The molecule has 0 fully saturated rings. The monoisotopic (exact) mass is 209 g/mol. The van der Waals surface area contributed by atoms with Gasteiger partial charge in [-0.3, -0.25) is 0 Å². The smallest absolute Gasteiger partial charge is 0.130 e. The molecule has 0 aliphatic heterocycles. The number of rotatable bonds is 5. The highest BCUT2D eigenvalue weighted by molar-refractivity contribution is 5.44. The molecule has 4 heteroatoms. The molecule has 84 valence electrons. The van der Waals surface area contributed by atoms with Crippen LogP contribution in [0.3, 0.4) is 0 Å². The van der Waals surface area contributed by atoms with Crippen molar-refractivity contribution in [1.82, 2.24) is 4.98 Å². The van der Waals surface area contributed by atoms with Gasteiger partial charge >= 0.3 is 0 Å². The van der Waals surface area contributed by atoms with E-state index in [2.05, 4.69) is 24.1 Å². The summed E-state index contributed by atoms with van der Waals surface area (Å²) in [6.45, 7) is 4.66. The molecule has 0 aromatic carbocycles. The van der Waals surface area contributed by atoms with Crippen molar-refractivity contribution < 1.29 is 5.11 Å². The molecule has 4 N–H and O–H groups in total. The van der Waals surface area contributed by atoms with E-state index in [1.54, 1.807) is 6.20 Å². The largest absolute Gasteiger partial charge is 0.394 e. The van der Waals surface area contributed by atoms with E-state index < -0.39 is 0 Å². The van der Waals surface area contributed by atoms with Crippen LogP contribution < -0.4 is 11.1 Å². The third-order valence-electron chi connectivity index (χ3n) is 2.43. The molecule has 0 spiro atoms. The van der Waals surface area contributed by atoms with E-state index in [0.29, 0.717) is 12.5 Å². The van der Waals surface area contributed by atoms with Gasteiger partial charge in [-0.25, -0.2) is 4.98 Å². The number of nitrogens with zero attached hydrogens (tertiary/aromatic N) is 1. The maximum atomic E-state index is 9.20. The highest BCUT2D eigenvalue weighted by Gasteiger charge is 2.13. The first kappa shape index (κ1) is 11.9. The molecule has 1 rings (SSSR count). The number of pyridine rings is 1. The second-order valence-electron chi connectivity index (χ2n) is 3.89. The Morgan fingerprint density at radius 1 is 1.53 bits per heavy atom. The Labute approximate surface area is 90.5 Å². The van der Waals surface area contributed by atoms with Crippen molar-refractivity contribution in [2.45, 2.75) is 26.4 Å². The highest BCUT2D eigenvalue weighted by Crippen LogP contribution is 2.14. The van der Waals surface area contributed by atoms with E-state index >= 15 is 0 Å². The van der Waals surface area contributed by atoms with Gasteiger partial charge in [-0.05, 0) is 12.0 Å². The van der Waals surface area contributed by atoms with Crippen molar-refractivity contribution in [1.29, 1.82) is 0 Å². The minimum atomic E-state index is 0.0187. The number of nitrogens with two attached hydrogens (primary N) is 1. The van der Waals surface area contributed by atoms with Gasteiger partial charge in [-0.1, -0.05) is 19.9 Å². The highest BCUT2D eigenvalue weighted by atomic mass is 16.3. The standard InChI is InChI=1S/C11H19N3O/c1-8(2)10(7-15)14-11-9(6-12)4-3-5-13-11/h3-5,8,10,15H,6-7,12H2,1-2H3,(H,13,14)/t10-/m1/s1. The molecular formula is C11H19N3O. The van der Waals surface area contributed by atoms with E-state index in [1.165, 1.54) is 0 Å². The van der Waals surface area contributed by atoms with Gasteiger partial charge in [0.1, 0.15) is 5.82 Å². The molecule has 0 unspecified atom stereocenters. The molecule has 0 aliphatic rings. The first-order chi connectivity index (χ1) is 7.19. The van der Waals surface area contributed by atoms with Crippen LogP contribution in [0.5, 0.6) is 0 Å². The summed E-state index contributed by atoms with van der Waals surface area (Å²) in [5, 5.41) is 12.4. The van der Waals surface area contributed by atoms with Crippen LogP contribution in [0.1, 0.15) is 19.4 Å². The number of nitrogens with one attached hydrogen (secondary N) is 1. The van der Waals surface area contributed by atoms with Crippen molar-refractivity contribution in [3.05, 3.63) is 23.9 Å². The van der Waals surface area contributed by atoms with Gasteiger partial charge in [-0.2, -0.15) is 0 Å². The lowest BCUT2D eigenvalue weighted by Gasteiger charge is -2.21. The van der Waals surface area contributed by atoms with Crippen LogP contribution in [0, 0.1) is 5.92 Å². The third-order valence-corrected chi connectivity index (χ3v) is 2.43. The fourth-order valence-electron chi connectivity index (χ4n) is 1.33. The normalized spacial score (nSPS) is 12.9. The fourth-order valence-corrected chi connectivity index (χ4v) is 1.33. The summed E-state index contributed by atoms with van der Waals surface area (Å²) >= 11 is 0. The number of aromatic nitrogens is 1. The van der Waals surface area contributed by atoms with E-state index in [9.17, 15) is 5.11 Å². The van der Waals surface area contributed by atoms with Crippen molar-refractivity contribution in [2.24, 2.45) is 11.7 Å². The van der Waals surface area contributed by atoms with E-state index in [0.717, 1.165) is 11.4 Å². The summed E-state index contributed by atoms with van der Waals surface area (Å²) in [7, 11) is 0. The van der Waals surface area contributed by atoms with Gasteiger partial charge in [0.05, 0.1) is 12.6 Å². The minimum absolute atomic E-state index is 0.0187. The molecule has 0 saturated carbocycles. The number of hydrogen-bond donors (Lipinski definition) is 3. The molecule has 1 aromatic rings. The number of aliphatic hydroxyl groups excluding tert-OH is 1. The quantitative estimate of drug-likeness (QED) is 0.675. The third kappa shape index (κ3) is 3.18. The molecule has 15 heavy (non-hydrogen) atoms. The summed E-state index contributed by atoms with van der Waals surface area (Å²) in [6, 6.07) is 3.81. The summed E-state index contributed by atoms with van der Waals surface area (Å²) in [5.74, 6) is 1.12. The van der Waals surface area contributed by atoms with Crippen LogP contribution in [0.25, 0.3) is 0 Å². The topological polar surface area (TPSA) is 71.2 Å². The van der Waals surface area contributed by atoms with Crippen molar-refractivity contribution in [3.8, 4) is 0 Å². The average molecular weight is 209 g/mol. The molecule has 0 bridgehead atoms. The van der Waals surface area contributed by atoms with Crippen LogP contribution in [-0.4, -0.2) is 22.7 Å². The minimum Gasteiger partial charge on any atom is -0.394 e. The number of anilines is 1. The first-order valence-electron chi connectivity index (χ1n) is 5.20. The van der Waals surface area contributed by atoms with E-state index in [4.69, 9.17) is 5.73 Å². The molecule has 1 aromatic heterocycles. The van der Waals surface area contributed by atoms with Crippen LogP contribution in [0.4, 0.5) is 5.82 Å². The van der Waals surface area contributed by atoms with Crippen molar-refractivity contribution in [2.75, 3.05) is 11.9 Å². The molecule has 1 heterocycles. The van der Waals surface area contributed by atoms with E-state index in [1.807, 2.05) is 12.1 Å². The van der Waals surface area contributed by atoms with Crippen LogP contribution in [-0.2, 0) is 6.54 Å². The summed E-state index contributed by atoms with van der Waals surface area (Å²) < 4.78 is 0. The number of hydrogen-bond acceptors (Lipinski definition) is 4. The lowest BCUT2D eigenvalue weighted by atomic mass is 10.1. The first-order valence-corrected chi connectivity index (χ1v) is 5.20. The SMILES string of the molecule is CC(C)[C@@H](CO)Nc1ncccc1CN. The van der Waals surface area contributed by atoms with E-state index in [-0.39, 0.29) is 12.6 Å². The van der Waals surface area contributed by atoms with Crippen LogP contribution in [0.2, 0.25) is 0 Å².